The molecule has 0 bridgehead atoms. The third-order valence-corrected chi connectivity index (χ3v) is 5.67. The molecule has 0 atom stereocenters. The molecule has 0 aliphatic carbocycles. The van der Waals surface area contributed by atoms with Crippen LogP contribution in [0.5, 0.6) is 0 Å². The van der Waals surface area contributed by atoms with E-state index in [4.69, 9.17) is 0 Å². The second-order valence-corrected chi connectivity index (χ2v) is 8.44. The molecule has 0 aliphatic heterocycles. The average molecular weight is 502 g/mol. The van der Waals surface area contributed by atoms with Gasteiger partial charge in [0.05, 0.1) is 16.9 Å². The molecule has 2 heterocycles. The number of hydrogen-bond donors (Lipinski definition) is 1. The Kier molecular flexibility index (Phi) is 6.83. The number of amides is 1. The molecular weight excluding hydrogens is 484 g/mol. The molecular formula is C23H18F4N6OS. The Hall–Kier alpha value is -3.80. The predicted molar refractivity (Wildman–Crippen MR) is 122 cm³/mol. The number of anilines is 1. The van der Waals surface area contributed by atoms with E-state index in [1.807, 2.05) is 26.0 Å². The largest absolute Gasteiger partial charge is 0.419 e. The molecule has 0 radical (unpaired) electrons. The lowest BCUT2D eigenvalue weighted by Gasteiger charge is -2.11. The third kappa shape index (κ3) is 5.65. The zero-order valence-electron chi connectivity index (χ0n) is 18.5. The van der Waals surface area contributed by atoms with Crippen molar-refractivity contribution in [1.82, 2.24) is 25.0 Å². The summed E-state index contributed by atoms with van der Waals surface area (Å²) in [6.07, 6.45) is -4.91. The fraction of sp³-hybridized carbons (Fsp3) is 0.174. The maximum Gasteiger partial charge on any atom is 0.419 e. The van der Waals surface area contributed by atoms with E-state index >= 15 is 0 Å². The number of para-hydroxylation sites is 1. The zero-order chi connectivity index (χ0) is 25.2. The molecule has 0 saturated carbocycles. The monoisotopic (exact) mass is 502 g/mol. The molecule has 4 aromatic rings. The van der Waals surface area contributed by atoms with Gasteiger partial charge >= 0.3 is 6.18 Å². The molecule has 4 rings (SSSR count). The standard InChI is InChI=1S/C23H18F4N6OS/c1-13-10-14(2)29-22(28-13)35-12-19-20(31-32-33(19)16-6-4-3-5-7-16)21(34)30-15-8-9-18(24)17(11-15)23(25,26)27/h3-11H,12H2,1-2H3,(H,30,34). The van der Waals surface area contributed by atoms with Gasteiger partial charge in [0.1, 0.15) is 5.82 Å². The van der Waals surface area contributed by atoms with Crippen LogP contribution in [0.3, 0.4) is 0 Å². The van der Waals surface area contributed by atoms with Gasteiger partial charge in [-0.05, 0) is 50.2 Å². The van der Waals surface area contributed by atoms with Crippen LogP contribution >= 0.6 is 11.8 Å². The molecule has 2 aromatic carbocycles. The van der Waals surface area contributed by atoms with Gasteiger partial charge in [0.25, 0.3) is 5.91 Å². The summed E-state index contributed by atoms with van der Waals surface area (Å²) >= 11 is 1.26. The number of hydrogen-bond acceptors (Lipinski definition) is 6. The summed E-state index contributed by atoms with van der Waals surface area (Å²) in [4.78, 5) is 21.8. The summed E-state index contributed by atoms with van der Waals surface area (Å²) in [5, 5.41) is 10.9. The van der Waals surface area contributed by atoms with Crippen molar-refractivity contribution in [3.63, 3.8) is 0 Å². The van der Waals surface area contributed by atoms with Gasteiger partial charge in [0, 0.05) is 22.8 Å². The van der Waals surface area contributed by atoms with Crippen LogP contribution in [-0.4, -0.2) is 30.9 Å². The Morgan fingerprint density at radius 1 is 1.03 bits per heavy atom. The van der Waals surface area contributed by atoms with Gasteiger partial charge in [-0.1, -0.05) is 35.2 Å². The number of rotatable bonds is 6. The Balaban J connectivity index is 1.66. The lowest BCUT2D eigenvalue weighted by molar-refractivity contribution is -0.139. The number of halogens is 4. The van der Waals surface area contributed by atoms with Crippen LogP contribution < -0.4 is 5.32 Å². The van der Waals surface area contributed by atoms with Gasteiger partial charge in [-0.3, -0.25) is 4.79 Å². The van der Waals surface area contributed by atoms with Gasteiger partial charge < -0.3 is 5.32 Å². The first kappa shape index (κ1) is 24.3. The first-order valence-corrected chi connectivity index (χ1v) is 11.2. The first-order chi connectivity index (χ1) is 16.6. The zero-order valence-corrected chi connectivity index (χ0v) is 19.3. The highest BCUT2D eigenvalue weighted by molar-refractivity contribution is 7.98. The molecule has 2 aromatic heterocycles. The molecule has 1 N–H and O–H groups in total. The normalized spacial score (nSPS) is 11.5. The number of alkyl halides is 3. The van der Waals surface area contributed by atoms with E-state index in [1.54, 1.807) is 24.3 Å². The number of nitrogens with zero attached hydrogens (tertiary/aromatic N) is 5. The van der Waals surface area contributed by atoms with E-state index < -0.39 is 23.5 Å². The van der Waals surface area contributed by atoms with E-state index in [-0.39, 0.29) is 17.1 Å². The van der Waals surface area contributed by atoms with Crippen molar-refractivity contribution in [2.75, 3.05) is 5.32 Å². The molecule has 0 unspecified atom stereocenters. The maximum absolute atomic E-state index is 13.6. The topological polar surface area (TPSA) is 85.6 Å². The van der Waals surface area contributed by atoms with Gasteiger partial charge in [0.2, 0.25) is 0 Å². The number of nitrogens with one attached hydrogen (secondary N) is 1. The fourth-order valence-electron chi connectivity index (χ4n) is 3.29. The number of aromatic nitrogens is 5. The fourth-order valence-corrected chi connectivity index (χ4v) is 4.23. The molecule has 0 fully saturated rings. The quantitative estimate of drug-likeness (QED) is 0.217. The van der Waals surface area contributed by atoms with Crippen molar-refractivity contribution in [3.8, 4) is 5.69 Å². The molecule has 0 saturated heterocycles. The Morgan fingerprint density at radius 3 is 2.37 bits per heavy atom. The molecule has 12 heteroatoms. The Labute approximate surface area is 201 Å². The molecule has 0 aliphatic rings. The summed E-state index contributed by atoms with van der Waals surface area (Å²) in [5.41, 5.74) is 0.787. The number of benzene rings is 2. The van der Waals surface area contributed by atoms with Crippen LogP contribution in [0.2, 0.25) is 0 Å². The summed E-state index contributed by atoms with van der Waals surface area (Å²) in [6, 6.07) is 13.0. The van der Waals surface area contributed by atoms with Gasteiger partial charge in [-0.15, -0.1) is 5.10 Å². The number of carbonyl (C=O) groups is 1. The van der Waals surface area contributed by atoms with Crippen molar-refractivity contribution < 1.29 is 22.4 Å². The van der Waals surface area contributed by atoms with Crippen molar-refractivity contribution in [2.45, 2.75) is 30.9 Å². The minimum Gasteiger partial charge on any atom is -0.321 e. The van der Waals surface area contributed by atoms with Crippen molar-refractivity contribution in [1.29, 1.82) is 0 Å². The molecule has 180 valence electrons. The van der Waals surface area contributed by atoms with Crippen LogP contribution in [0.1, 0.15) is 33.1 Å². The lowest BCUT2D eigenvalue weighted by Crippen LogP contribution is -2.16. The molecule has 7 nitrogen and oxygen atoms in total. The highest BCUT2D eigenvalue weighted by Crippen LogP contribution is 2.33. The minimum atomic E-state index is -4.91. The van der Waals surface area contributed by atoms with Crippen LogP contribution in [0.15, 0.2) is 59.8 Å². The van der Waals surface area contributed by atoms with Gasteiger partial charge in [0.15, 0.2) is 10.9 Å². The average Bonchev–Trinajstić information content (AvgIpc) is 3.22. The first-order valence-electron chi connectivity index (χ1n) is 10.2. The van der Waals surface area contributed by atoms with Crippen LogP contribution in [0, 0.1) is 19.7 Å². The highest BCUT2D eigenvalue weighted by atomic mass is 32.2. The van der Waals surface area contributed by atoms with Crippen LogP contribution in [0.4, 0.5) is 23.2 Å². The van der Waals surface area contributed by atoms with Gasteiger partial charge in [-0.2, -0.15) is 13.2 Å². The van der Waals surface area contributed by atoms with Crippen molar-refractivity contribution in [2.24, 2.45) is 0 Å². The van der Waals surface area contributed by atoms with E-state index in [1.165, 1.54) is 16.4 Å². The maximum atomic E-state index is 13.6. The Bertz CT molecular complexity index is 1350. The number of thioether (sulfide) groups is 1. The summed E-state index contributed by atoms with van der Waals surface area (Å²) in [7, 11) is 0. The SMILES string of the molecule is Cc1cc(C)nc(SCc2c(C(=O)Nc3ccc(F)c(C(F)(F)F)c3)nnn2-c2ccccc2)n1. The van der Waals surface area contributed by atoms with Crippen molar-refractivity contribution in [3.05, 3.63) is 88.8 Å². The van der Waals surface area contributed by atoms with Crippen LogP contribution in [0.25, 0.3) is 5.69 Å². The summed E-state index contributed by atoms with van der Waals surface area (Å²) < 4.78 is 54.3. The predicted octanol–water partition coefficient (Wildman–Crippen LogP) is 5.38. The Morgan fingerprint density at radius 2 is 1.71 bits per heavy atom. The third-order valence-electron chi connectivity index (χ3n) is 4.81. The molecule has 1 amide bonds. The van der Waals surface area contributed by atoms with E-state index in [0.717, 1.165) is 17.5 Å². The van der Waals surface area contributed by atoms with E-state index in [9.17, 15) is 22.4 Å². The smallest absolute Gasteiger partial charge is 0.321 e. The number of aryl methyl sites for hydroxylation is 2. The minimum absolute atomic E-state index is 0.0939. The summed E-state index contributed by atoms with van der Waals surface area (Å²) in [5.74, 6) is -2.02. The molecule has 35 heavy (non-hydrogen) atoms. The van der Waals surface area contributed by atoms with Crippen LogP contribution in [-0.2, 0) is 11.9 Å². The highest BCUT2D eigenvalue weighted by Gasteiger charge is 2.34. The van der Waals surface area contributed by atoms with E-state index in [0.29, 0.717) is 28.7 Å². The molecule has 0 spiro atoms. The summed E-state index contributed by atoms with van der Waals surface area (Å²) in [6.45, 7) is 3.68. The number of carbonyl (C=O) groups excluding carboxylic acids is 1. The lowest BCUT2D eigenvalue weighted by atomic mass is 10.1. The second kappa shape index (κ2) is 9.82. The van der Waals surface area contributed by atoms with E-state index in [2.05, 4.69) is 25.6 Å². The van der Waals surface area contributed by atoms with Gasteiger partial charge in [-0.25, -0.2) is 19.0 Å². The van der Waals surface area contributed by atoms with Crippen molar-refractivity contribution >= 4 is 23.4 Å². The second-order valence-electron chi connectivity index (χ2n) is 7.50.